The number of nitro groups is 1. The van der Waals surface area contributed by atoms with Gasteiger partial charge in [-0.05, 0) is 37.3 Å². The number of methoxy groups -OCH3 is 1. The van der Waals surface area contributed by atoms with Crippen LogP contribution in [-0.2, 0) is 4.74 Å². The van der Waals surface area contributed by atoms with Crippen LogP contribution in [0.1, 0.15) is 27.6 Å². The third-order valence-electron chi connectivity index (χ3n) is 3.41. The summed E-state index contributed by atoms with van der Waals surface area (Å²) in [6.07, 6.45) is -1.05. The second kappa shape index (κ2) is 7.76. The van der Waals surface area contributed by atoms with Crippen molar-refractivity contribution in [1.29, 1.82) is 0 Å². The van der Waals surface area contributed by atoms with E-state index in [0.717, 1.165) is 12.1 Å². The molecule has 2 aromatic rings. The predicted octanol–water partition coefficient (Wildman–Crippen LogP) is 3.69. The molecule has 2 aromatic carbocycles. The van der Waals surface area contributed by atoms with Gasteiger partial charge in [-0.25, -0.2) is 4.79 Å². The van der Waals surface area contributed by atoms with Crippen LogP contribution in [0.25, 0.3) is 0 Å². The lowest BCUT2D eigenvalue weighted by Gasteiger charge is -2.13. The van der Waals surface area contributed by atoms with E-state index in [1.54, 1.807) is 24.3 Å². The monoisotopic (exact) mass is 363 g/mol. The molecule has 1 atom stereocenters. The molecule has 0 radical (unpaired) electrons. The van der Waals surface area contributed by atoms with Gasteiger partial charge in [-0.2, -0.15) is 0 Å². The molecule has 130 valence electrons. The van der Waals surface area contributed by atoms with Crippen molar-refractivity contribution >= 4 is 29.0 Å². The number of nitrogens with zero attached hydrogens (tertiary/aromatic N) is 1. The van der Waals surface area contributed by atoms with E-state index in [9.17, 15) is 19.7 Å². The van der Waals surface area contributed by atoms with Gasteiger partial charge in [0.15, 0.2) is 6.10 Å². The summed E-state index contributed by atoms with van der Waals surface area (Å²) in [4.78, 5) is 34.5. The average Bonchev–Trinajstić information content (AvgIpc) is 2.60. The zero-order valence-electron chi connectivity index (χ0n) is 13.4. The van der Waals surface area contributed by atoms with Crippen LogP contribution in [0.3, 0.4) is 0 Å². The van der Waals surface area contributed by atoms with Crippen LogP contribution in [0.5, 0.6) is 5.75 Å². The van der Waals surface area contributed by atoms with Crippen LogP contribution in [0.4, 0.5) is 5.69 Å². The summed E-state index contributed by atoms with van der Waals surface area (Å²) in [5.74, 6) is -0.637. The fraction of sp³-hybridized carbons (Fsp3) is 0.176. The molecule has 0 aliphatic heterocycles. The van der Waals surface area contributed by atoms with Crippen molar-refractivity contribution < 1.29 is 24.0 Å². The quantitative estimate of drug-likeness (QED) is 0.336. The largest absolute Gasteiger partial charge is 0.497 e. The number of hydrogen-bond donors (Lipinski definition) is 0. The highest BCUT2D eigenvalue weighted by Gasteiger charge is 2.23. The number of halogens is 1. The maximum absolute atomic E-state index is 12.3. The number of esters is 1. The Balaban J connectivity index is 2.11. The molecule has 0 unspecified atom stereocenters. The van der Waals surface area contributed by atoms with Gasteiger partial charge in [0.25, 0.3) is 5.69 Å². The first-order valence-corrected chi connectivity index (χ1v) is 7.54. The van der Waals surface area contributed by atoms with E-state index in [4.69, 9.17) is 21.1 Å². The van der Waals surface area contributed by atoms with Crippen LogP contribution in [0.2, 0.25) is 5.02 Å². The van der Waals surface area contributed by atoms with Gasteiger partial charge in [0.2, 0.25) is 5.78 Å². The van der Waals surface area contributed by atoms with E-state index >= 15 is 0 Å². The lowest BCUT2D eigenvalue weighted by Crippen LogP contribution is -2.24. The summed E-state index contributed by atoms with van der Waals surface area (Å²) >= 11 is 5.88. The number of Topliss-reactive ketones (excluding diaryl/α,β-unsaturated/α-hetero) is 1. The van der Waals surface area contributed by atoms with Crippen molar-refractivity contribution in [3.8, 4) is 5.75 Å². The van der Waals surface area contributed by atoms with Gasteiger partial charge in [0.1, 0.15) is 5.75 Å². The topological polar surface area (TPSA) is 95.7 Å². The number of ether oxygens (including phenoxy) is 2. The first-order chi connectivity index (χ1) is 11.8. The van der Waals surface area contributed by atoms with Gasteiger partial charge in [0.05, 0.1) is 22.6 Å². The summed E-state index contributed by atoms with van der Waals surface area (Å²) in [5.41, 5.74) is 0.0569. The van der Waals surface area contributed by atoms with E-state index in [0.29, 0.717) is 11.3 Å². The van der Waals surface area contributed by atoms with Crippen molar-refractivity contribution in [3.05, 3.63) is 68.7 Å². The van der Waals surface area contributed by atoms with E-state index < -0.39 is 22.8 Å². The zero-order chi connectivity index (χ0) is 18.6. The molecule has 0 saturated heterocycles. The van der Waals surface area contributed by atoms with E-state index in [1.165, 1.54) is 20.1 Å². The SMILES string of the molecule is COc1ccc(C(=O)[C@@H](C)OC(=O)c2ccc([N+](=O)[O-])cc2Cl)cc1. The van der Waals surface area contributed by atoms with Gasteiger partial charge in [-0.3, -0.25) is 14.9 Å². The Bertz CT molecular complexity index is 818. The number of nitro benzene ring substituents is 1. The lowest BCUT2D eigenvalue weighted by molar-refractivity contribution is -0.384. The van der Waals surface area contributed by atoms with Crippen LogP contribution in [-0.4, -0.2) is 29.9 Å². The summed E-state index contributed by atoms with van der Waals surface area (Å²) in [5, 5.41) is 10.6. The molecule has 0 aliphatic rings. The maximum atomic E-state index is 12.3. The standard InChI is InChI=1S/C17H14ClNO6/c1-10(16(20)11-3-6-13(24-2)7-4-11)25-17(21)14-8-5-12(19(22)23)9-15(14)18/h3-10H,1-2H3/t10-/m1/s1. The summed E-state index contributed by atoms with van der Waals surface area (Å²) < 4.78 is 10.1. The van der Waals surface area contributed by atoms with Crippen LogP contribution in [0, 0.1) is 10.1 Å². The van der Waals surface area contributed by atoms with Crippen molar-refractivity contribution in [3.63, 3.8) is 0 Å². The van der Waals surface area contributed by atoms with Crippen molar-refractivity contribution in [2.75, 3.05) is 7.11 Å². The molecule has 0 spiro atoms. The average molecular weight is 364 g/mol. The van der Waals surface area contributed by atoms with Gasteiger partial charge in [0, 0.05) is 17.7 Å². The number of carbonyl (C=O) groups is 2. The Morgan fingerprint density at radius 1 is 1.16 bits per heavy atom. The Morgan fingerprint density at radius 3 is 2.32 bits per heavy atom. The first kappa shape index (κ1) is 18.4. The van der Waals surface area contributed by atoms with E-state index in [1.807, 2.05) is 0 Å². The molecule has 2 rings (SSSR count). The lowest BCUT2D eigenvalue weighted by atomic mass is 10.1. The van der Waals surface area contributed by atoms with Gasteiger partial charge in [-0.1, -0.05) is 11.6 Å². The molecule has 0 aliphatic carbocycles. The highest BCUT2D eigenvalue weighted by molar-refractivity contribution is 6.33. The second-order valence-electron chi connectivity index (χ2n) is 5.06. The highest BCUT2D eigenvalue weighted by atomic mass is 35.5. The molecule has 0 bridgehead atoms. The molecule has 0 fully saturated rings. The Labute approximate surface area is 148 Å². The van der Waals surface area contributed by atoms with Crippen LogP contribution >= 0.6 is 11.6 Å². The smallest absolute Gasteiger partial charge is 0.340 e. The normalized spacial score (nSPS) is 11.5. The minimum atomic E-state index is -1.05. The van der Waals surface area contributed by atoms with Gasteiger partial charge in [-0.15, -0.1) is 0 Å². The zero-order valence-corrected chi connectivity index (χ0v) is 14.1. The Kier molecular flexibility index (Phi) is 5.71. The van der Waals surface area contributed by atoms with Crippen molar-refractivity contribution in [1.82, 2.24) is 0 Å². The molecular formula is C17H14ClNO6. The van der Waals surface area contributed by atoms with Crippen LogP contribution in [0.15, 0.2) is 42.5 Å². The molecule has 0 saturated carbocycles. The Morgan fingerprint density at radius 2 is 1.80 bits per heavy atom. The molecule has 25 heavy (non-hydrogen) atoms. The number of benzene rings is 2. The number of rotatable bonds is 6. The summed E-state index contributed by atoms with van der Waals surface area (Å²) in [7, 11) is 1.51. The summed E-state index contributed by atoms with van der Waals surface area (Å²) in [6.45, 7) is 1.43. The highest BCUT2D eigenvalue weighted by Crippen LogP contribution is 2.24. The van der Waals surface area contributed by atoms with Gasteiger partial charge >= 0.3 is 5.97 Å². The fourth-order valence-corrected chi connectivity index (χ4v) is 2.30. The van der Waals surface area contributed by atoms with Crippen molar-refractivity contribution in [2.45, 2.75) is 13.0 Å². The number of carbonyl (C=O) groups excluding carboxylic acids is 2. The fourth-order valence-electron chi connectivity index (χ4n) is 2.05. The molecule has 0 heterocycles. The number of ketones is 1. The second-order valence-corrected chi connectivity index (χ2v) is 5.47. The molecule has 0 amide bonds. The number of non-ortho nitro benzene ring substituents is 1. The molecule has 8 heteroatoms. The van der Waals surface area contributed by atoms with E-state index in [2.05, 4.69) is 0 Å². The number of hydrogen-bond acceptors (Lipinski definition) is 6. The minimum Gasteiger partial charge on any atom is -0.497 e. The minimum absolute atomic E-state index is 0.0540. The molecular weight excluding hydrogens is 350 g/mol. The van der Waals surface area contributed by atoms with Crippen molar-refractivity contribution in [2.24, 2.45) is 0 Å². The summed E-state index contributed by atoms with van der Waals surface area (Å²) in [6, 6.07) is 9.73. The van der Waals surface area contributed by atoms with E-state index in [-0.39, 0.29) is 16.3 Å². The molecule has 0 aromatic heterocycles. The first-order valence-electron chi connectivity index (χ1n) is 7.16. The Hall–Kier alpha value is -2.93. The molecule has 0 N–H and O–H groups in total. The third-order valence-corrected chi connectivity index (χ3v) is 3.72. The third kappa shape index (κ3) is 4.33. The van der Waals surface area contributed by atoms with Gasteiger partial charge < -0.3 is 9.47 Å². The predicted molar refractivity (Wildman–Crippen MR) is 90.3 cm³/mol. The molecule has 7 nitrogen and oxygen atoms in total. The maximum Gasteiger partial charge on any atom is 0.340 e. The van der Waals surface area contributed by atoms with Crippen LogP contribution < -0.4 is 4.74 Å².